The van der Waals surface area contributed by atoms with E-state index in [-0.39, 0.29) is 60.9 Å². The van der Waals surface area contributed by atoms with Gasteiger partial charge in [-0.05, 0) is 80.5 Å². The summed E-state index contributed by atoms with van der Waals surface area (Å²) in [4.78, 5) is 27.6. The molecule has 2 fully saturated rings. The molecule has 0 radical (unpaired) electrons. The maximum absolute atomic E-state index is 13.9. The van der Waals surface area contributed by atoms with Crippen LogP contribution in [0.1, 0.15) is 49.3 Å². The van der Waals surface area contributed by atoms with Crippen LogP contribution in [0.25, 0.3) is 5.69 Å². The van der Waals surface area contributed by atoms with E-state index in [1.54, 1.807) is 27.6 Å². The highest BCUT2D eigenvalue weighted by Gasteiger charge is 2.41. The van der Waals surface area contributed by atoms with E-state index in [1.165, 1.54) is 25.7 Å². The van der Waals surface area contributed by atoms with Gasteiger partial charge in [-0.3, -0.25) is 14.3 Å². The molecule has 2 saturated carbocycles. The Hall–Kier alpha value is -3.91. The van der Waals surface area contributed by atoms with Crippen molar-refractivity contribution in [3.8, 4) is 11.4 Å². The fourth-order valence-corrected chi connectivity index (χ4v) is 8.86. The second-order valence-corrected chi connectivity index (χ2v) is 14.8. The van der Waals surface area contributed by atoms with Crippen LogP contribution >= 0.6 is 0 Å². The summed E-state index contributed by atoms with van der Waals surface area (Å²) in [7, 11) is -0.629. The van der Waals surface area contributed by atoms with Crippen LogP contribution in [0.15, 0.2) is 76.1 Å². The molecule has 1 aliphatic heterocycles. The standard InChI is InChI=1S/C35H44N4O8S/c1-23-33(35(42)39(37(23)2)27-7-5-4-6-8-27)26-21-31(34(41)36-30-20-24-9-10-25(30)19-24)47-32(22-26)46-18-16-38(15-17-40)48(43,44)29-13-11-28(45-3)12-14-29/h4-8,11-14,21,24-26,30,32,40H,9-10,15-20,22H2,1-3H3,(H,36,41)/t24?,25?,26-,30?,32+/m1/s1. The van der Waals surface area contributed by atoms with Crippen LogP contribution in [0.4, 0.5) is 0 Å². The molecule has 3 aromatic rings. The molecular weight excluding hydrogens is 636 g/mol. The van der Waals surface area contributed by atoms with Crippen molar-refractivity contribution >= 4 is 15.9 Å². The number of aliphatic hydroxyl groups is 1. The first kappa shape index (κ1) is 34.0. The van der Waals surface area contributed by atoms with Gasteiger partial charge in [-0.2, -0.15) is 4.31 Å². The molecule has 0 saturated heterocycles. The maximum atomic E-state index is 13.9. The van der Waals surface area contributed by atoms with E-state index in [4.69, 9.17) is 14.2 Å². The summed E-state index contributed by atoms with van der Waals surface area (Å²) >= 11 is 0. The van der Waals surface area contributed by atoms with Gasteiger partial charge in [-0.25, -0.2) is 13.1 Å². The van der Waals surface area contributed by atoms with Gasteiger partial charge in [0.2, 0.25) is 16.3 Å². The molecule has 3 aliphatic rings. The topological polar surface area (TPSA) is 141 Å². The number of para-hydroxylation sites is 1. The van der Waals surface area contributed by atoms with Gasteiger partial charge in [-0.15, -0.1) is 0 Å². The van der Waals surface area contributed by atoms with Crippen LogP contribution in [0, 0.1) is 18.8 Å². The van der Waals surface area contributed by atoms with E-state index in [1.807, 2.05) is 44.3 Å². The van der Waals surface area contributed by atoms with Crippen LogP contribution < -0.4 is 15.6 Å². The molecule has 258 valence electrons. The number of fused-ring (bicyclic) bond motifs is 2. The lowest BCUT2D eigenvalue weighted by atomic mass is 9.92. The second kappa shape index (κ2) is 14.3. The molecule has 6 rings (SSSR count). The number of amides is 1. The fraction of sp³-hybridized carbons (Fsp3) is 0.486. The number of nitrogens with one attached hydrogen (secondary N) is 1. The van der Waals surface area contributed by atoms with Crippen molar-refractivity contribution in [1.29, 1.82) is 0 Å². The minimum Gasteiger partial charge on any atom is -0.497 e. The number of rotatable bonds is 13. The van der Waals surface area contributed by atoms with Gasteiger partial charge in [0.15, 0.2) is 5.76 Å². The van der Waals surface area contributed by atoms with Crippen molar-refractivity contribution in [1.82, 2.24) is 19.0 Å². The Labute approximate surface area is 280 Å². The number of aliphatic hydroxyl groups excluding tert-OH is 1. The Kier molecular flexibility index (Phi) is 10.1. The molecule has 1 aromatic heterocycles. The van der Waals surface area contributed by atoms with Crippen molar-refractivity contribution in [3.63, 3.8) is 0 Å². The molecule has 2 aliphatic carbocycles. The summed E-state index contributed by atoms with van der Waals surface area (Å²) in [5, 5.41) is 12.9. The normalized spacial score (nSPS) is 23.6. The third-order valence-corrected chi connectivity index (χ3v) is 11.9. The first-order valence-corrected chi connectivity index (χ1v) is 17.9. The Morgan fingerprint density at radius 3 is 2.46 bits per heavy atom. The molecule has 3 unspecified atom stereocenters. The Morgan fingerprint density at radius 2 is 1.81 bits per heavy atom. The van der Waals surface area contributed by atoms with Crippen LogP contribution in [0.3, 0.4) is 0 Å². The average molecular weight is 681 g/mol. The predicted molar refractivity (Wildman–Crippen MR) is 178 cm³/mol. The zero-order valence-electron chi connectivity index (χ0n) is 27.6. The number of sulfonamides is 1. The number of ether oxygens (including phenoxy) is 3. The molecule has 5 atom stereocenters. The summed E-state index contributed by atoms with van der Waals surface area (Å²) in [5.41, 5.74) is 1.81. The zero-order chi connectivity index (χ0) is 34.0. The Bertz CT molecular complexity index is 1800. The molecule has 2 aromatic carbocycles. The van der Waals surface area contributed by atoms with Crippen LogP contribution in [-0.4, -0.2) is 78.8 Å². The average Bonchev–Trinajstić information content (AvgIpc) is 3.77. The predicted octanol–water partition coefficient (Wildman–Crippen LogP) is 3.21. The van der Waals surface area contributed by atoms with Gasteiger partial charge in [0, 0.05) is 49.8 Å². The number of benzene rings is 2. The van der Waals surface area contributed by atoms with Gasteiger partial charge < -0.3 is 24.6 Å². The minimum absolute atomic E-state index is 0.0579. The van der Waals surface area contributed by atoms with Gasteiger partial charge in [0.05, 0.1) is 30.9 Å². The molecular formula is C35H44N4O8S. The molecule has 2 heterocycles. The van der Waals surface area contributed by atoms with E-state index in [2.05, 4.69) is 5.32 Å². The molecule has 1 amide bonds. The van der Waals surface area contributed by atoms with Gasteiger partial charge >= 0.3 is 0 Å². The minimum atomic E-state index is -3.95. The number of aromatic nitrogens is 2. The summed E-state index contributed by atoms with van der Waals surface area (Å²) in [5.74, 6) is 0.880. The van der Waals surface area contributed by atoms with E-state index in [0.29, 0.717) is 23.1 Å². The smallest absolute Gasteiger partial charge is 0.286 e. The van der Waals surface area contributed by atoms with Crippen molar-refractivity contribution in [2.24, 2.45) is 18.9 Å². The SMILES string of the molecule is COc1ccc(S(=O)(=O)N(CCO)CCO[C@@H]2C[C@H](c3c(C)n(C)n(-c4ccccc4)c3=O)C=C(C(=O)NC3CC4CCC3C4)O2)cc1. The summed E-state index contributed by atoms with van der Waals surface area (Å²) < 4.78 is 48.8. The van der Waals surface area contributed by atoms with Gasteiger partial charge in [-0.1, -0.05) is 24.6 Å². The third-order valence-electron chi connectivity index (χ3n) is 10.00. The Balaban J connectivity index is 1.23. The van der Waals surface area contributed by atoms with E-state index >= 15 is 0 Å². The maximum Gasteiger partial charge on any atom is 0.286 e. The summed E-state index contributed by atoms with van der Waals surface area (Å²) in [6, 6.07) is 15.5. The summed E-state index contributed by atoms with van der Waals surface area (Å²) in [6.45, 7) is 1.22. The lowest BCUT2D eigenvalue weighted by molar-refractivity contribution is -0.147. The molecule has 12 nitrogen and oxygen atoms in total. The summed E-state index contributed by atoms with van der Waals surface area (Å²) in [6.07, 6.45) is 5.43. The lowest BCUT2D eigenvalue weighted by Crippen LogP contribution is -2.42. The van der Waals surface area contributed by atoms with Gasteiger partial charge in [0.25, 0.3) is 11.5 Å². The highest BCUT2D eigenvalue weighted by molar-refractivity contribution is 7.89. The first-order chi connectivity index (χ1) is 23.1. The van der Waals surface area contributed by atoms with Crippen LogP contribution in [0.2, 0.25) is 0 Å². The second-order valence-electron chi connectivity index (χ2n) is 12.8. The highest BCUT2D eigenvalue weighted by atomic mass is 32.2. The number of carbonyl (C=O) groups is 1. The molecule has 2 bridgehead atoms. The largest absolute Gasteiger partial charge is 0.497 e. The van der Waals surface area contributed by atoms with Crippen molar-refractivity contribution in [2.45, 2.75) is 62.2 Å². The molecule has 2 N–H and O–H groups in total. The number of nitrogens with zero attached hydrogens (tertiary/aromatic N) is 3. The number of carbonyl (C=O) groups excluding carboxylic acids is 1. The fourth-order valence-electron chi connectivity index (χ4n) is 7.44. The number of allylic oxidation sites excluding steroid dienone is 1. The van der Waals surface area contributed by atoms with Crippen LogP contribution in [-0.2, 0) is 31.3 Å². The van der Waals surface area contributed by atoms with Crippen molar-refractivity contribution in [2.75, 3.05) is 33.4 Å². The van der Waals surface area contributed by atoms with Crippen molar-refractivity contribution in [3.05, 3.63) is 88.0 Å². The monoisotopic (exact) mass is 680 g/mol. The quantitative estimate of drug-likeness (QED) is 0.281. The number of hydrogen-bond donors (Lipinski definition) is 2. The number of methoxy groups -OCH3 is 1. The molecule has 0 spiro atoms. The molecule has 48 heavy (non-hydrogen) atoms. The third kappa shape index (κ3) is 6.82. The van der Waals surface area contributed by atoms with Gasteiger partial charge in [0.1, 0.15) is 5.75 Å². The number of hydrogen-bond acceptors (Lipinski definition) is 8. The van der Waals surface area contributed by atoms with Crippen LogP contribution in [0.5, 0.6) is 5.75 Å². The van der Waals surface area contributed by atoms with E-state index < -0.39 is 22.2 Å². The molecule has 13 heteroatoms. The zero-order valence-corrected chi connectivity index (χ0v) is 28.4. The first-order valence-electron chi connectivity index (χ1n) is 16.5. The lowest BCUT2D eigenvalue weighted by Gasteiger charge is -2.31. The highest BCUT2D eigenvalue weighted by Crippen LogP contribution is 2.44. The Morgan fingerprint density at radius 1 is 1.06 bits per heavy atom. The van der Waals surface area contributed by atoms with Crippen molar-refractivity contribution < 1.29 is 32.5 Å². The van der Waals surface area contributed by atoms with E-state index in [9.17, 15) is 23.1 Å². The van der Waals surface area contributed by atoms with E-state index in [0.717, 1.165) is 34.9 Å².